The van der Waals surface area contributed by atoms with E-state index in [1.807, 2.05) is 5.32 Å². The first-order valence-electron chi connectivity index (χ1n) is 6.83. The number of nitrogens with zero attached hydrogens (tertiary/aromatic N) is 3. The van der Waals surface area contributed by atoms with Crippen LogP contribution in [0.25, 0.3) is 0 Å². The largest absolute Gasteiger partial charge is 0.492 e. The zero-order valence-electron chi connectivity index (χ0n) is 13.1. The lowest BCUT2D eigenvalue weighted by Crippen LogP contribution is -2.71. The first kappa shape index (κ1) is 21.2. The molecule has 15 nitrogen and oxygen atoms in total. The maximum absolute atomic E-state index is 11.9. The zero-order chi connectivity index (χ0) is 20.3. The maximum atomic E-state index is 11.9. The van der Waals surface area contributed by atoms with Gasteiger partial charge in [0.25, 0.3) is 0 Å². The van der Waals surface area contributed by atoms with E-state index in [2.05, 4.69) is 0 Å². The van der Waals surface area contributed by atoms with E-state index in [4.69, 9.17) is 10.8 Å². The van der Waals surface area contributed by atoms with Crippen LogP contribution in [0.2, 0.25) is 0 Å². The van der Waals surface area contributed by atoms with E-state index >= 15 is 0 Å². The topological polar surface area (TPSA) is 233 Å². The van der Waals surface area contributed by atoms with Gasteiger partial charge < -0.3 is 21.1 Å². The molecule has 0 aromatic carbocycles. The van der Waals surface area contributed by atoms with Gasteiger partial charge in [0.05, 0.1) is 11.8 Å². The van der Waals surface area contributed by atoms with Crippen LogP contribution < -0.4 is 11.1 Å². The molecule has 0 spiro atoms. The second-order valence-electron chi connectivity index (χ2n) is 5.52. The quantitative estimate of drug-likeness (QED) is 0.193. The number of carbonyl (C=O) groups is 3. The number of amides is 2. The number of hydrogen-bond acceptors (Lipinski definition) is 10. The summed E-state index contributed by atoms with van der Waals surface area (Å²) in [4.78, 5) is 53.3. The van der Waals surface area contributed by atoms with E-state index in [0.29, 0.717) is 4.90 Å². The van der Waals surface area contributed by atoms with Crippen LogP contribution in [0.15, 0.2) is 0 Å². The molecular weight excluding hydrogens is 382 g/mol. The van der Waals surface area contributed by atoms with Crippen molar-refractivity contribution in [3.8, 4) is 0 Å². The standard InChI is InChI=1S/C10H15N5O10S/c11-6(9(19)12-1-8(17)18)2-26(24,25)3-7(16)13-4-10(5-13,14(20)21)15(22)23/h6H,1-5,11H2,(H,12,19)(H,17,18). The molecule has 0 aromatic heterocycles. The Labute approximate surface area is 145 Å². The minimum absolute atomic E-state index is 0.638. The molecule has 1 unspecified atom stereocenters. The van der Waals surface area contributed by atoms with Gasteiger partial charge in [0.15, 0.2) is 22.9 Å². The fraction of sp³-hybridized carbons (Fsp3) is 0.700. The molecule has 4 N–H and O–H groups in total. The van der Waals surface area contributed by atoms with Crippen LogP contribution in [0.3, 0.4) is 0 Å². The van der Waals surface area contributed by atoms with Gasteiger partial charge in [0, 0.05) is 0 Å². The third-order valence-electron chi connectivity index (χ3n) is 3.45. The number of nitrogens with one attached hydrogen (secondary N) is 1. The predicted molar refractivity (Wildman–Crippen MR) is 80.6 cm³/mol. The molecule has 1 fully saturated rings. The Balaban J connectivity index is 2.61. The maximum Gasteiger partial charge on any atom is 0.492 e. The molecule has 1 atom stereocenters. The number of likely N-dealkylation sites (tertiary alicyclic amines) is 1. The Morgan fingerprint density at radius 1 is 1.23 bits per heavy atom. The van der Waals surface area contributed by atoms with Crippen molar-refractivity contribution in [1.82, 2.24) is 10.2 Å². The van der Waals surface area contributed by atoms with Crippen LogP contribution in [0.4, 0.5) is 0 Å². The number of nitro groups is 2. The summed E-state index contributed by atoms with van der Waals surface area (Å²) < 4.78 is 23.8. The lowest BCUT2D eigenvalue weighted by atomic mass is 10.0. The van der Waals surface area contributed by atoms with E-state index in [1.165, 1.54) is 0 Å². The molecule has 0 bridgehead atoms. The van der Waals surface area contributed by atoms with E-state index in [1.54, 1.807) is 0 Å². The highest BCUT2D eigenvalue weighted by Crippen LogP contribution is 2.25. The van der Waals surface area contributed by atoms with E-state index in [9.17, 15) is 43.0 Å². The molecule has 1 saturated heterocycles. The minimum Gasteiger partial charge on any atom is -0.480 e. The van der Waals surface area contributed by atoms with Gasteiger partial charge in [-0.05, 0) is 0 Å². The van der Waals surface area contributed by atoms with E-state index < -0.39 is 80.3 Å². The number of carboxylic acids is 1. The summed E-state index contributed by atoms with van der Waals surface area (Å²) in [5, 5.41) is 31.7. The molecule has 16 heteroatoms. The van der Waals surface area contributed by atoms with E-state index in [-0.39, 0.29) is 0 Å². The number of rotatable bonds is 9. The van der Waals surface area contributed by atoms with Gasteiger partial charge in [-0.25, -0.2) is 8.42 Å². The first-order chi connectivity index (χ1) is 11.8. The van der Waals surface area contributed by atoms with Gasteiger partial charge in [0.1, 0.15) is 22.1 Å². The Bertz CT molecular complexity index is 727. The number of sulfone groups is 1. The third-order valence-corrected chi connectivity index (χ3v) is 5.00. The summed E-state index contributed by atoms with van der Waals surface area (Å²) in [6.07, 6.45) is 0. The molecule has 0 aliphatic carbocycles. The zero-order valence-corrected chi connectivity index (χ0v) is 13.9. The van der Waals surface area contributed by atoms with Gasteiger partial charge in [-0.15, -0.1) is 0 Å². The summed E-state index contributed by atoms with van der Waals surface area (Å²) in [5.41, 5.74) is 2.76. The second kappa shape index (κ2) is 7.56. The smallest absolute Gasteiger partial charge is 0.480 e. The summed E-state index contributed by atoms with van der Waals surface area (Å²) in [7, 11) is -4.23. The highest BCUT2D eigenvalue weighted by molar-refractivity contribution is 7.92. The molecular formula is C10H15N5O10S. The predicted octanol–water partition coefficient (Wildman–Crippen LogP) is -3.98. The molecule has 1 rings (SSSR count). The van der Waals surface area contributed by atoms with Crippen molar-refractivity contribution in [3.05, 3.63) is 20.2 Å². The molecule has 2 amide bonds. The molecule has 1 aliphatic rings. The van der Waals surface area contributed by atoms with E-state index in [0.717, 1.165) is 0 Å². The Kier molecular flexibility index (Phi) is 6.16. The molecule has 0 saturated carbocycles. The normalized spacial score (nSPS) is 16.9. The average Bonchev–Trinajstić information content (AvgIpc) is 2.41. The van der Waals surface area contributed by atoms with Crippen LogP contribution in [-0.2, 0) is 24.2 Å². The summed E-state index contributed by atoms with van der Waals surface area (Å²) in [6.45, 7) is -2.54. The van der Waals surface area contributed by atoms with Crippen LogP contribution in [-0.4, -0.2) is 88.9 Å². The monoisotopic (exact) mass is 397 g/mol. The van der Waals surface area contributed by atoms with Crippen molar-refractivity contribution in [2.75, 3.05) is 31.1 Å². The first-order valence-corrected chi connectivity index (χ1v) is 8.65. The van der Waals surface area contributed by atoms with Crippen molar-refractivity contribution < 1.29 is 37.8 Å². The molecule has 1 aliphatic heterocycles. The lowest BCUT2D eigenvalue weighted by molar-refractivity contribution is -0.809. The third kappa shape index (κ3) is 4.82. The average molecular weight is 397 g/mol. The van der Waals surface area contributed by atoms with Gasteiger partial charge in [-0.3, -0.25) is 34.6 Å². The summed E-state index contributed by atoms with van der Waals surface area (Å²) >= 11 is 0. The Hall–Kier alpha value is -2.88. The number of nitrogens with two attached hydrogens (primary N) is 1. The summed E-state index contributed by atoms with van der Waals surface area (Å²) in [5.74, 6) is -5.68. The fourth-order valence-electron chi connectivity index (χ4n) is 2.02. The minimum atomic E-state index is -4.23. The van der Waals surface area contributed by atoms with Crippen molar-refractivity contribution in [3.63, 3.8) is 0 Å². The second-order valence-corrected chi connectivity index (χ2v) is 7.63. The van der Waals surface area contributed by atoms with Crippen molar-refractivity contribution in [2.45, 2.75) is 11.7 Å². The number of aliphatic carboxylic acids is 1. The van der Waals surface area contributed by atoms with Gasteiger partial charge >= 0.3 is 11.6 Å². The van der Waals surface area contributed by atoms with Crippen LogP contribution in [0.1, 0.15) is 0 Å². The highest BCUT2D eigenvalue weighted by atomic mass is 32.2. The molecule has 146 valence electrons. The van der Waals surface area contributed by atoms with Crippen LogP contribution >= 0.6 is 0 Å². The number of hydrogen-bond donors (Lipinski definition) is 3. The molecule has 26 heavy (non-hydrogen) atoms. The van der Waals surface area contributed by atoms with Gasteiger partial charge in [0.2, 0.25) is 11.8 Å². The lowest BCUT2D eigenvalue weighted by Gasteiger charge is -2.35. The molecule has 1 heterocycles. The fourth-order valence-corrected chi connectivity index (χ4v) is 3.40. The van der Waals surface area contributed by atoms with Crippen LogP contribution in [0.5, 0.6) is 0 Å². The van der Waals surface area contributed by atoms with Gasteiger partial charge in [-0.2, -0.15) is 0 Å². The van der Waals surface area contributed by atoms with Crippen LogP contribution in [0, 0.1) is 20.2 Å². The molecule has 0 aromatic rings. The molecule has 0 radical (unpaired) electrons. The summed E-state index contributed by atoms with van der Waals surface area (Å²) in [6, 6.07) is -1.64. The van der Waals surface area contributed by atoms with Crippen molar-refractivity contribution >= 4 is 27.6 Å². The van der Waals surface area contributed by atoms with Crippen molar-refractivity contribution in [2.24, 2.45) is 5.73 Å². The Morgan fingerprint density at radius 2 is 1.73 bits per heavy atom. The SMILES string of the molecule is NC(CS(=O)(=O)CC(=O)N1CC([N+](=O)[O-])([N+](=O)[O-])C1)C(=O)NCC(=O)O. The number of carbonyl (C=O) groups excluding carboxylic acids is 2. The Morgan fingerprint density at radius 3 is 2.15 bits per heavy atom. The van der Waals surface area contributed by atoms with Crippen molar-refractivity contribution in [1.29, 1.82) is 0 Å². The van der Waals surface area contributed by atoms with Gasteiger partial charge in [-0.1, -0.05) is 0 Å². The number of carboxylic acid groups (broad SMARTS) is 1. The highest BCUT2D eigenvalue weighted by Gasteiger charge is 2.67.